The first kappa shape index (κ1) is 31.7. The first-order valence-electron chi connectivity index (χ1n) is 14.5. The molecule has 0 fully saturated rings. The number of carbonyl (C=O) groups is 1. The van der Waals surface area contributed by atoms with Crippen molar-refractivity contribution in [3.8, 4) is 33.8 Å². The molecule has 0 aliphatic carbocycles. The lowest BCUT2D eigenvalue weighted by molar-refractivity contribution is -0.139. The standard InChI is InChI=1S/C38H32Cl2O5/c1-3-43-36(23-44-34-18-19-35(25(2)20-34)45-24-37(41)42)38(28-14-10-26(11-15-28)30-6-4-8-32(39)21-30)29-16-12-27(13-17-29)31-7-5-9-33(40)22-31/h4-22H,3,23-24H2,1-2H3,(H,41,42). The average molecular weight is 640 g/mol. The topological polar surface area (TPSA) is 65.0 Å². The number of carboxylic acids is 1. The Morgan fingerprint density at radius 3 is 1.69 bits per heavy atom. The van der Waals surface area contributed by atoms with Crippen LogP contribution in [0.2, 0.25) is 10.0 Å². The molecule has 0 bridgehead atoms. The van der Waals surface area contributed by atoms with Gasteiger partial charge in [0.2, 0.25) is 0 Å². The smallest absolute Gasteiger partial charge is 0.341 e. The number of hydrogen-bond acceptors (Lipinski definition) is 4. The number of ether oxygens (including phenoxy) is 3. The largest absolute Gasteiger partial charge is 0.494 e. The van der Waals surface area contributed by atoms with Crippen molar-refractivity contribution in [2.75, 3.05) is 19.8 Å². The van der Waals surface area contributed by atoms with Gasteiger partial charge >= 0.3 is 5.97 Å². The second-order valence-corrected chi connectivity index (χ2v) is 11.2. The van der Waals surface area contributed by atoms with E-state index in [1.54, 1.807) is 12.1 Å². The lowest BCUT2D eigenvalue weighted by Gasteiger charge is -2.19. The first-order valence-corrected chi connectivity index (χ1v) is 15.2. The fourth-order valence-electron chi connectivity index (χ4n) is 5.01. The third-order valence-electron chi connectivity index (χ3n) is 7.13. The Balaban J connectivity index is 1.51. The van der Waals surface area contributed by atoms with Gasteiger partial charge in [-0.15, -0.1) is 0 Å². The highest BCUT2D eigenvalue weighted by Crippen LogP contribution is 2.33. The number of rotatable bonds is 12. The van der Waals surface area contributed by atoms with Crippen LogP contribution < -0.4 is 9.47 Å². The van der Waals surface area contributed by atoms with E-state index in [-0.39, 0.29) is 6.61 Å². The molecule has 5 aromatic rings. The monoisotopic (exact) mass is 638 g/mol. The van der Waals surface area contributed by atoms with Crippen molar-refractivity contribution in [2.45, 2.75) is 13.8 Å². The molecule has 0 heterocycles. The Labute approximate surface area is 273 Å². The molecule has 228 valence electrons. The minimum absolute atomic E-state index is 0.171. The molecule has 0 aliphatic rings. The van der Waals surface area contributed by atoms with Crippen LogP contribution in [0.3, 0.4) is 0 Å². The Morgan fingerprint density at radius 2 is 1.22 bits per heavy atom. The Kier molecular flexibility index (Phi) is 10.5. The van der Waals surface area contributed by atoms with Gasteiger partial charge in [-0.05, 0) is 95.3 Å². The second kappa shape index (κ2) is 14.8. The van der Waals surface area contributed by atoms with Crippen LogP contribution in [-0.4, -0.2) is 30.9 Å². The summed E-state index contributed by atoms with van der Waals surface area (Å²) >= 11 is 12.5. The Bertz CT molecular complexity index is 1720. The van der Waals surface area contributed by atoms with Crippen molar-refractivity contribution in [3.05, 3.63) is 148 Å². The van der Waals surface area contributed by atoms with Crippen LogP contribution in [0.1, 0.15) is 23.6 Å². The van der Waals surface area contributed by atoms with Crippen molar-refractivity contribution < 1.29 is 24.1 Å². The number of aryl methyl sites for hydroxylation is 1. The SMILES string of the molecule is CCOC(COc1ccc(OCC(=O)O)c(C)c1)=C(c1ccc(-c2cccc(Cl)c2)cc1)c1ccc(-c2cccc(Cl)c2)cc1. The van der Waals surface area contributed by atoms with Crippen LogP contribution in [0.4, 0.5) is 0 Å². The third kappa shape index (κ3) is 8.27. The van der Waals surface area contributed by atoms with Gasteiger partial charge < -0.3 is 19.3 Å². The first-order chi connectivity index (χ1) is 21.8. The Hall–Kier alpha value is -4.71. The fourth-order valence-corrected chi connectivity index (χ4v) is 5.39. The van der Waals surface area contributed by atoms with Gasteiger partial charge in [0.15, 0.2) is 6.61 Å². The summed E-state index contributed by atoms with van der Waals surface area (Å²) in [5.74, 6) is 0.743. The number of aliphatic carboxylic acids is 1. The highest BCUT2D eigenvalue weighted by atomic mass is 35.5. The van der Waals surface area contributed by atoms with Crippen LogP contribution in [-0.2, 0) is 9.53 Å². The zero-order valence-corrected chi connectivity index (χ0v) is 26.4. The minimum Gasteiger partial charge on any atom is -0.494 e. The van der Waals surface area contributed by atoms with Crippen molar-refractivity contribution >= 4 is 34.7 Å². The van der Waals surface area contributed by atoms with Crippen molar-refractivity contribution in [1.82, 2.24) is 0 Å². The van der Waals surface area contributed by atoms with Gasteiger partial charge in [0.1, 0.15) is 23.9 Å². The maximum Gasteiger partial charge on any atom is 0.341 e. The van der Waals surface area contributed by atoms with E-state index < -0.39 is 12.6 Å². The van der Waals surface area contributed by atoms with Gasteiger partial charge in [0.05, 0.1) is 6.61 Å². The van der Waals surface area contributed by atoms with Gasteiger partial charge in [-0.2, -0.15) is 0 Å². The summed E-state index contributed by atoms with van der Waals surface area (Å²) in [4.78, 5) is 10.9. The number of benzene rings is 5. The van der Waals surface area contributed by atoms with E-state index >= 15 is 0 Å². The summed E-state index contributed by atoms with van der Waals surface area (Å²) in [6, 6.07) is 37.5. The van der Waals surface area contributed by atoms with Gasteiger partial charge in [-0.25, -0.2) is 4.79 Å². The Morgan fingerprint density at radius 1 is 0.667 bits per heavy atom. The average Bonchev–Trinajstić information content (AvgIpc) is 3.04. The molecule has 0 aliphatic heterocycles. The summed E-state index contributed by atoms with van der Waals surface area (Å²) in [6.45, 7) is 4.00. The predicted octanol–water partition coefficient (Wildman–Crippen LogP) is 9.97. The van der Waals surface area contributed by atoms with E-state index in [4.69, 9.17) is 42.5 Å². The molecule has 1 N–H and O–H groups in total. The molecule has 0 saturated heterocycles. The zero-order valence-electron chi connectivity index (χ0n) is 24.9. The lowest BCUT2D eigenvalue weighted by atomic mass is 9.93. The van der Waals surface area contributed by atoms with Gasteiger partial charge in [-0.1, -0.05) is 96.0 Å². The van der Waals surface area contributed by atoms with Crippen molar-refractivity contribution in [3.63, 3.8) is 0 Å². The number of halogens is 2. The minimum atomic E-state index is -1.03. The molecule has 0 radical (unpaired) electrons. The maximum absolute atomic E-state index is 10.9. The molecular weight excluding hydrogens is 607 g/mol. The number of hydrogen-bond donors (Lipinski definition) is 1. The van der Waals surface area contributed by atoms with Gasteiger partial charge in [0, 0.05) is 15.6 Å². The molecule has 7 heteroatoms. The molecule has 0 atom stereocenters. The summed E-state index contributed by atoms with van der Waals surface area (Å²) in [7, 11) is 0. The van der Waals surface area contributed by atoms with E-state index in [9.17, 15) is 4.79 Å². The molecule has 5 nitrogen and oxygen atoms in total. The van der Waals surface area contributed by atoms with E-state index in [1.807, 2.05) is 68.4 Å². The molecule has 0 aromatic heterocycles. The molecule has 0 saturated carbocycles. The molecule has 0 amide bonds. The van der Waals surface area contributed by atoms with Crippen LogP contribution >= 0.6 is 23.2 Å². The molecule has 0 spiro atoms. The summed E-state index contributed by atoms with van der Waals surface area (Å²) in [5, 5.41) is 10.3. The quantitative estimate of drug-likeness (QED) is 0.138. The highest BCUT2D eigenvalue weighted by molar-refractivity contribution is 6.31. The van der Waals surface area contributed by atoms with E-state index in [0.717, 1.165) is 44.5 Å². The second-order valence-electron chi connectivity index (χ2n) is 10.3. The highest BCUT2D eigenvalue weighted by Gasteiger charge is 2.16. The number of carboxylic acid groups (broad SMARTS) is 1. The van der Waals surface area contributed by atoms with Crippen molar-refractivity contribution in [2.24, 2.45) is 0 Å². The molecule has 45 heavy (non-hydrogen) atoms. The molecule has 5 rings (SSSR count). The fraction of sp³-hybridized carbons (Fsp3) is 0.132. The third-order valence-corrected chi connectivity index (χ3v) is 7.60. The maximum atomic E-state index is 10.9. The molecule has 5 aromatic carbocycles. The predicted molar refractivity (Wildman–Crippen MR) is 181 cm³/mol. The summed E-state index contributed by atoms with van der Waals surface area (Å²) in [5.41, 5.74) is 7.77. The van der Waals surface area contributed by atoms with Gasteiger partial charge in [0.25, 0.3) is 0 Å². The van der Waals surface area contributed by atoms with Crippen LogP contribution in [0.5, 0.6) is 11.5 Å². The van der Waals surface area contributed by atoms with E-state index in [1.165, 1.54) is 0 Å². The molecule has 0 unspecified atom stereocenters. The van der Waals surface area contributed by atoms with Crippen LogP contribution in [0.15, 0.2) is 121 Å². The summed E-state index contributed by atoms with van der Waals surface area (Å²) in [6.07, 6.45) is 0. The molecular formula is C38H32Cl2O5. The van der Waals surface area contributed by atoms with E-state index in [0.29, 0.717) is 33.9 Å². The normalized spacial score (nSPS) is 10.7. The lowest BCUT2D eigenvalue weighted by Crippen LogP contribution is -2.11. The van der Waals surface area contributed by atoms with Crippen molar-refractivity contribution in [1.29, 1.82) is 0 Å². The van der Waals surface area contributed by atoms with Crippen LogP contribution in [0, 0.1) is 6.92 Å². The van der Waals surface area contributed by atoms with E-state index in [2.05, 4.69) is 48.5 Å². The summed E-state index contributed by atoms with van der Waals surface area (Å²) < 4.78 is 17.8. The van der Waals surface area contributed by atoms with Gasteiger partial charge in [-0.3, -0.25) is 0 Å². The zero-order chi connectivity index (χ0) is 31.8. The van der Waals surface area contributed by atoms with Crippen LogP contribution in [0.25, 0.3) is 27.8 Å².